The van der Waals surface area contributed by atoms with Crippen molar-refractivity contribution in [3.8, 4) is 0 Å². The molecule has 1 aromatic carbocycles. The van der Waals surface area contributed by atoms with Gasteiger partial charge in [0.25, 0.3) is 0 Å². The number of hydrogen-bond donors (Lipinski definition) is 2. The second-order valence-electron chi connectivity index (χ2n) is 4.08. The van der Waals surface area contributed by atoms with Gasteiger partial charge in [0.15, 0.2) is 0 Å². The van der Waals surface area contributed by atoms with Gasteiger partial charge in [-0.25, -0.2) is 14.2 Å². The topological polar surface area (TPSA) is 79.3 Å². The summed E-state index contributed by atoms with van der Waals surface area (Å²) in [6, 6.07) is 8.75. The minimum atomic E-state index is -1.10. The number of aromatic nitrogens is 1. The Morgan fingerprint density at radius 2 is 1.95 bits per heavy atom. The average Bonchev–Trinajstić information content (AvgIpc) is 2.47. The first-order valence-electron chi connectivity index (χ1n) is 5.99. The molecule has 0 atom stereocenters. The van der Waals surface area contributed by atoms with Crippen molar-refractivity contribution in [1.29, 1.82) is 0 Å². The van der Waals surface area contributed by atoms with E-state index in [0.29, 0.717) is 5.56 Å². The molecule has 0 aliphatic carbocycles. The zero-order valence-electron chi connectivity index (χ0n) is 10.8. The Labute approximate surface area is 119 Å². The molecular formula is C15H11FN2O3. The van der Waals surface area contributed by atoms with Crippen molar-refractivity contribution in [3.05, 3.63) is 65.6 Å². The summed E-state index contributed by atoms with van der Waals surface area (Å²) in [5.41, 5.74) is 0.316. The van der Waals surface area contributed by atoms with Crippen LogP contribution in [0.1, 0.15) is 15.9 Å². The molecule has 2 rings (SSSR count). The minimum Gasteiger partial charge on any atom is -0.478 e. The van der Waals surface area contributed by atoms with Crippen LogP contribution in [-0.2, 0) is 4.79 Å². The van der Waals surface area contributed by atoms with Crippen molar-refractivity contribution in [2.45, 2.75) is 0 Å². The van der Waals surface area contributed by atoms with Crippen LogP contribution in [0.3, 0.4) is 0 Å². The molecule has 2 aromatic rings. The van der Waals surface area contributed by atoms with Crippen LogP contribution in [-0.4, -0.2) is 22.0 Å². The van der Waals surface area contributed by atoms with Crippen LogP contribution in [0.4, 0.5) is 10.2 Å². The van der Waals surface area contributed by atoms with Gasteiger partial charge >= 0.3 is 5.97 Å². The number of nitrogens with zero attached hydrogens (tertiary/aromatic N) is 1. The molecule has 1 heterocycles. The van der Waals surface area contributed by atoms with E-state index in [1.165, 1.54) is 30.4 Å². The molecule has 0 spiro atoms. The van der Waals surface area contributed by atoms with Gasteiger partial charge in [0.05, 0.1) is 5.56 Å². The van der Waals surface area contributed by atoms with E-state index in [9.17, 15) is 14.0 Å². The quantitative estimate of drug-likeness (QED) is 0.847. The fourth-order valence-electron chi connectivity index (χ4n) is 1.54. The number of halogens is 1. The molecule has 0 bridgehead atoms. The molecule has 6 heteroatoms. The van der Waals surface area contributed by atoms with E-state index in [0.717, 1.165) is 6.20 Å². The number of benzene rings is 1. The maximum Gasteiger partial charge on any atom is 0.337 e. The Morgan fingerprint density at radius 1 is 1.19 bits per heavy atom. The van der Waals surface area contributed by atoms with Gasteiger partial charge in [0.1, 0.15) is 11.6 Å². The van der Waals surface area contributed by atoms with Gasteiger partial charge in [-0.15, -0.1) is 0 Å². The number of carboxylic acid groups (broad SMARTS) is 1. The lowest BCUT2D eigenvalue weighted by Crippen LogP contribution is -2.09. The summed E-state index contributed by atoms with van der Waals surface area (Å²) >= 11 is 0. The highest BCUT2D eigenvalue weighted by Crippen LogP contribution is 2.09. The molecule has 106 valence electrons. The van der Waals surface area contributed by atoms with Crippen molar-refractivity contribution in [1.82, 2.24) is 4.98 Å². The predicted molar refractivity (Wildman–Crippen MR) is 75.3 cm³/mol. The maximum atomic E-state index is 13.3. The van der Waals surface area contributed by atoms with Crippen LogP contribution < -0.4 is 5.32 Å². The molecule has 1 aromatic heterocycles. The molecular weight excluding hydrogens is 275 g/mol. The van der Waals surface area contributed by atoms with Gasteiger partial charge in [-0.2, -0.15) is 0 Å². The highest BCUT2D eigenvalue weighted by Gasteiger charge is 2.04. The smallest absolute Gasteiger partial charge is 0.337 e. The molecule has 0 radical (unpaired) electrons. The lowest BCUT2D eigenvalue weighted by Gasteiger charge is -2.01. The highest BCUT2D eigenvalue weighted by molar-refractivity contribution is 6.01. The summed E-state index contributed by atoms with van der Waals surface area (Å²) in [7, 11) is 0. The van der Waals surface area contributed by atoms with Crippen molar-refractivity contribution in [3.63, 3.8) is 0 Å². The number of rotatable bonds is 4. The van der Waals surface area contributed by atoms with Crippen LogP contribution in [0.25, 0.3) is 6.08 Å². The Bertz CT molecular complexity index is 696. The number of hydrogen-bond acceptors (Lipinski definition) is 3. The molecule has 0 fully saturated rings. The highest BCUT2D eigenvalue weighted by atomic mass is 19.1. The Morgan fingerprint density at radius 3 is 2.57 bits per heavy atom. The molecule has 0 aliphatic heterocycles. The zero-order valence-corrected chi connectivity index (χ0v) is 10.8. The van der Waals surface area contributed by atoms with Crippen LogP contribution in [0, 0.1) is 5.82 Å². The van der Waals surface area contributed by atoms with Gasteiger partial charge in [0, 0.05) is 17.8 Å². The van der Waals surface area contributed by atoms with Gasteiger partial charge < -0.3 is 10.4 Å². The Kier molecular flexibility index (Phi) is 4.40. The number of anilines is 1. The SMILES string of the molecule is O=C(C=Cc1ccccc1F)Nc1ccc(C(=O)O)cn1. The van der Waals surface area contributed by atoms with E-state index in [2.05, 4.69) is 10.3 Å². The molecule has 0 saturated carbocycles. The lowest BCUT2D eigenvalue weighted by molar-refractivity contribution is -0.111. The van der Waals surface area contributed by atoms with Crippen LogP contribution >= 0.6 is 0 Å². The normalized spacial score (nSPS) is 10.5. The van der Waals surface area contributed by atoms with Crippen molar-refractivity contribution in [2.75, 3.05) is 5.32 Å². The van der Waals surface area contributed by atoms with Crippen LogP contribution in [0.2, 0.25) is 0 Å². The third-order valence-electron chi connectivity index (χ3n) is 2.58. The van der Waals surface area contributed by atoms with Crippen molar-refractivity contribution < 1.29 is 19.1 Å². The predicted octanol–water partition coefficient (Wildman–Crippen LogP) is 2.57. The molecule has 0 saturated heterocycles. The summed E-state index contributed by atoms with van der Waals surface area (Å²) in [5.74, 6) is -1.80. The summed E-state index contributed by atoms with van der Waals surface area (Å²) in [6.45, 7) is 0. The average molecular weight is 286 g/mol. The molecule has 0 unspecified atom stereocenters. The van der Waals surface area contributed by atoms with Gasteiger partial charge in [-0.05, 0) is 24.3 Å². The Hall–Kier alpha value is -3.02. The summed E-state index contributed by atoms with van der Waals surface area (Å²) in [5, 5.41) is 11.2. The lowest BCUT2D eigenvalue weighted by atomic mass is 10.2. The summed E-state index contributed by atoms with van der Waals surface area (Å²) in [4.78, 5) is 26.1. The Balaban J connectivity index is 2.02. The van der Waals surface area contributed by atoms with Crippen LogP contribution in [0.5, 0.6) is 0 Å². The van der Waals surface area contributed by atoms with Crippen LogP contribution in [0.15, 0.2) is 48.7 Å². The third-order valence-corrected chi connectivity index (χ3v) is 2.58. The summed E-state index contributed by atoms with van der Waals surface area (Å²) < 4.78 is 13.3. The maximum absolute atomic E-state index is 13.3. The monoisotopic (exact) mass is 286 g/mol. The van der Waals surface area contributed by atoms with E-state index in [1.54, 1.807) is 18.2 Å². The largest absolute Gasteiger partial charge is 0.478 e. The number of aromatic carboxylic acids is 1. The molecule has 0 aliphatic rings. The number of amides is 1. The van der Waals surface area contributed by atoms with Gasteiger partial charge in [-0.3, -0.25) is 4.79 Å². The fraction of sp³-hybridized carbons (Fsp3) is 0. The molecule has 2 N–H and O–H groups in total. The minimum absolute atomic E-state index is 0.0231. The number of pyridine rings is 1. The molecule has 5 nitrogen and oxygen atoms in total. The molecule has 1 amide bonds. The second-order valence-corrected chi connectivity index (χ2v) is 4.08. The standard InChI is InChI=1S/C15H11FN2O3/c16-12-4-2-1-3-10(12)6-8-14(19)18-13-7-5-11(9-17-13)15(20)21/h1-9H,(H,20,21)(H,17,18,19). The number of carbonyl (C=O) groups excluding carboxylic acids is 1. The van der Waals surface area contributed by atoms with Crippen molar-refractivity contribution in [2.24, 2.45) is 0 Å². The van der Waals surface area contributed by atoms with E-state index in [4.69, 9.17) is 5.11 Å². The first-order chi connectivity index (χ1) is 10.1. The fourth-order valence-corrected chi connectivity index (χ4v) is 1.54. The first-order valence-corrected chi connectivity index (χ1v) is 5.99. The number of carbonyl (C=O) groups is 2. The first kappa shape index (κ1) is 14.4. The second kappa shape index (κ2) is 6.42. The van der Waals surface area contributed by atoms with E-state index in [1.807, 2.05) is 0 Å². The van der Waals surface area contributed by atoms with E-state index < -0.39 is 17.7 Å². The molecule has 21 heavy (non-hydrogen) atoms. The van der Waals surface area contributed by atoms with E-state index in [-0.39, 0.29) is 11.4 Å². The zero-order chi connectivity index (χ0) is 15.2. The van der Waals surface area contributed by atoms with Gasteiger partial charge in [0.2, 0.25) is 5.91 Å². The van der Waals surface area contributed by atoms with Gasteiger partial charge in [-0.1, -0.05) is 18.2 Å². The summed E-state index contributed by atoms with van der Waals surface area (Å²) in [6.07, 6.45) is 3.65. The van der Waals surface area contributed by atoms with Crippen molar-refractivity contribution >= 4 is 23.8 Å². The number of nitrogens with one attached hydrogen (secondary N) is 1. The third kappa shape index (κ3) is 3.97. The number of carboxylic acids is 1. The van der Waals surface area contributed by atoms with E-state index >= 15 is 0 Å².